The minimum Gasteiger partial charge on any atom is -0.352 e. The van der Waals surface area contributed by atoms with Crippen molar-refractivity contribution < 1.29 is 9.59 Å². The molecular formula is C17H24ClN3O2. The van der Waals surface area contributed by atoms with Gasteiger partial charge in [-0.15, -0.1) is 0 Å². The van der Waals surface area contributed by atoms with Crippen LogP contribution in [0.3, 0.4) is 0 Å². The molecule has 1 aromatic rings. The molecule has 1 aliphatic heterocycles. The Morgan fingerprint density at radius 1 is 1.43 bits per heavy atom. The van der Waals surface area contributed by atoms with Crippen molar-refractivity contribution >= 4 is 23.5 Å². The molecule has 0 aromatic heterocycles. The Bertz CT molecular complexity index is 565. The lowest BCUT2D eigenvalue weighted by atomic mass is 10.0. The second-order valence-electron chi connectivity index (χ2n) is 5.91. The van der Waals surface area contributed by atoms with Crippen LogP contribution in [-0.4, -0.2) is 29.4 Å². The molecule has 6 heteroatoms. The number of likely N-dealkylation sites (tertiary alicyclic amines) is 1. The van der Waals surface area contributed by atoms with Gasteiger partial charge in [0.15, 0.2) is 0 Å². The number of carbonyl (C=O) groups excluding carboxylic acids is 2. The molecule has 0 bridgehead atoms. The van der Waals surface area contributed by atoms with Crippen molar-refractivity contribution in [2.45, 2.75) is 51.1 Å². The number of nitrogens with zero attached hydrogens (tertiary/aromatic N) is 1. The van der Waals surface area contributed by atoms with Gasteiger partial charge in [-0.25, -0.2) is 4.79 Å². The summed E-state index contributed by atoms with van der Waals surface area (Å²) < 4.78 is 0. The van der Waals surface area contributed by atoms with Crippen LogP contribution in [0, 0.1) is 0 Å². The Morgan fingerprint density at radius 3 is 2.83 bits per heavy atom. The first-order valence-corrected chi connectivity index (χ1v) is 8.53. The minimum atomic E-state index is -0.659. The van der Waals surface area contributed by atoms with E-state index in [4.69, 9.17) is 17.3 Å². The zero-order valence-corrected chi connectivity index (χ0v) is 14.2. The van der Waals surface area contributed by atoms with Gasteiger partial charge in [0.1, 0.15) is 6.04 Å². The van der Waals surface area contributed by atoms with Gasteiger partial charge in [0.2, 0.25) is 5.91 Å². The van der Waals surface area contributed by atoms with Crippen molar-refractivity contribution in [1.29, 1.82) is 0 Å². The monoisotopic (exact) mass is 337 g/mol. The highest BCUT2D eigenvalue weighted by Crippen LogP contribution is 2.36. The van der Waals surface area contributed by atoms with Crippen LogP contribution in [0.5, 0.6) is 0 Å². The summed E-state index contributed by atoms with van der Waals surface area (Å²) in [7, 11) is 0. The molecule has 0 saturated carbocycles. The van der Waals surface area contributed by atoms with E-state index in [0.717, 1.165) is 31.2 Å². The van der Waals surface area contributed by atoms with Gasteiger partial charge in [-0.1, -0.05) is 49.6 Å². The van der Waals surface area contributed by atoms with Crippen LogP contribution in [-0.2, 0) is 4.79 Å². The van der Waals surface area contributed by atoms with Crippen molar-refractivity contribution in [2.75, 3.05) is 6.54 Å². The average Bonchev–Trinajstić information content (AvgIpc) is 3.00. The van der Waals surface area contributed by atoms with Crippen molar-refractivity contribution in [2.24, 2.45) is 5.73 Å². The zero-order chi connectivity index (χ0) is 16.8. The van der Waals surface area contributed by atoms with Crippen molar-refractivity contribution in [3.63, 3.8) is 0 Å². The second kappa shape index (κ2) is 8.20. The summed E-state index contributed by atoms with van der Waals surface area (Å²) in [5, 5.41) is 3.26. The molecule has 2 atom stereocenters. The average molecular weight is 338 g/mol. The molecule has 0 unspecified atom stereocenters. The maximum atomic E-state index is 12.9. The number of carbonyl (C=O) groups is 2. The van der Waals surface area contributed by atoms with Gasteiger partial charge in [0.25, 0.3) is 0 Å². The number of hydrogen-bond acceptors (Lipinski definition) is 2. The first-order chi connectivity index (χ1) is 11.0. The maximum Gasteiger partial charge on any atom is 0.312 e. The number of nitrogens with one attached hydrogen (secondary N) is 1. The van der Waals surface area contributed by atoms with Gasteiger partial charge in [0.05, 0.1) is 6.04 Å². The Balaban J connectivity index is 2.18. The molecule has 3 N–H and O–H groups in total. The van der Waals surface area contributed by atoms with Gasteiger partial charge in [0, 0.05) is 11.6 Å². The summed E-state index contributed by atoms with van der Waals surface area (Å²) in [6, 6.07) is 6.36. The predicted octanol–water partition coefficient (Wildman–Crippen LogP) is 3.23. The van der Waals surface area contributed by atoms with Gasteiger partial charge in [-0.3, -0.25) is 4.79 Å². The number of halogens is 1. The van der Waals surface area contributed by atoms with E-state index < -0.39 is 12.1 Å². The molecule has 1 aliphatic rings. The number of amides is 3. The normalized spacial score (nSPS) is 18.7. The Labute approximate surface area is 142 Å². The molecule has 23 heavy (non-hydrogen) atoms. The van der Waals surface area contributed by atoms with Crippen LogP contribution in [0.15, 0.2) is 24.3 Å². The number of benzene rings is 1. The fourth-order valence-electron chi connectivity index (χ4n) is 3.14. The molecule has 3 amide bonds. The summed E-state index contributed by atoms with van der Waals surface area (Å²) in [5.41, 5.74) is 6.20. The Hall–Kier alpha value is -1.75. The topological polar surface area (TPSA) is 75.4 Å². The SMILES string of the molecule is CCCC[C@H](NC(N)=O)C(=O)N1CCC[C@@H]1c1ccccc1Cl. The third-order valence-electron chi connectivity index (χ3n) is 4.26. The molecule has 126 valence electrons. The molecule has 0 aliphatic carbocycles. The molecular weight excluding hydrogens is 314 g/mol. The quantitative estimate of drug-likeness (QED) is 0.836. The standard InChI is InChI=1S/C17H24ClN3O2/c1-2-3-9-14(20-17(19)23)16(22)21-11-6-10-15(21)12-7-4-5-8-13(12)18/h4-5,7-8,14-15H,2-3,6,9-11H2,1H3,(H3,19,20,23)/t14-,15+/m0/s1. The summed E-state index contributed by atoms with van der Waals surface area (Å²) in [6.45, 7) is 2.73. The molecule has 2 rings (SSSR count). The van der Waals surface area contributed by atoms with E-state index in [1.54, 1.807) is 0 Å². The summed E-state index contributed by atoms with van der Waals surface area (Å²) in [4.78, 5) is 25.9. The van der Waals surface area contributed by atoms with Crippen molar-refractivity contribution in [3.05, 3.63) is 34.9 Å². The number of nitrogens with two attached hydrogens (primary N) is 1. The van der Waals surface area contributed by atoms with Crippen molar-refractivity contribution in [3.8, 4) is 0 Å². The van der Waals surface area contributed by atoms with Crippen LogP contribution in [0.1, 0.15) is 50.6 Å². The number of urea groups is 1. The third-order valence-corrected chi connectivity index (χ3v) is 4.61. The first kappa shape index (κ1) is 17.6. The molecule has 1 fully saturated rings. The van der Waals surface area contributed by atoms with E-state index in [9.17, 15) is 9.59 Å². The highest BCUT2D eigenvalue weighted by Gasteiger charge is 2.34. The number of hydrogen-bond donors (Lipinski definition) is 2. The predicted molar refractivity (Wildman–Crippen MR) is 91.2 cm³/mol. The van der Waals surface area contributed by atoms with Crippen LogP contribution in [0.4, 0.5) is 4.79 Å². The van der Waals surface area contributed by atoms with E-state index in [0.29, 0.717) is 18.0 Å². The Morgan fingerprint density at radius 2 is 2.17 bits per heavy atom. The lowest BCUT2D eigenvalue weighted by Crippen LogP contribution is -2.49. The Kier molecular flexibility index (Phi) is 6.28. The minimum absolute atomic E-state index is 0.0324. The van der Waals surface area contributed by atoms with Gasteiger partial charge in [-0.05, 0) is 30.9 Å². The highest BCUT2D eigenvalue weighted by atomic mass is 35.5. The van der Waals surface area contributed by atoms with E-state index in [-0.39, 0.29) is 11.9 Å². The fraction of sp³-hybridized carbons (Fsp3) is 0.529. The first-order valence-electron chi connectivity index (χ1n) is 8.15. The number of rotatable bonds is 6. The highest BCUT2D eigenvalue weighted by molar-refractivity contribution is 6.31. The fourth-order valence-corrected chi connectivity index (χ4v) is 3.40. The largest absolute Gasteiger partial charge is 0.352 e. The number of primary amides is 1. The number of unbranched alkanes of at least 4 members (excludes halogenated alkanes) is 1. The lowest BCUT2D eigenvalue weighted by molar-refractivity contribution is -0.134. The lowest BCUT2D eigenvalue weighted by Gasteiger charge is -2.29. The summed E-state index contributed by atoms with van der Waals surface area (Å²) in [5.74, 6) is -0.0698. The molecule has 0 spiro atoms. The van der Waals surface area contributed by atoms with E-state index in [2.05, 4.69) is 5.32 Å². The van der Waals surface area contributed by atoms with Crippen LogP contribution in [0.25, 0.3) is 0 Å². The van der Waals surface area contributed by atoms with Gasteiger partial charge >= 0.3 is 6.03 Å². The van der Waals surface area contributed by atoms with Crippen molar-refractivity contribution in [1.82, 2.24) is 10.2 Å². The second-order valence-corrected chi connectivity index (χ2v) is 6.32. The summed E-state index contributed by atoms with van der Waals surface area (Å²) >= 11 is 6.29. The zero-order valence-electron chi connectivity index (χ0n) is 13.4. The van der Waals surface area contributed by atoms with Crippen LogP contribution in [0.2, 0.25) is 5.02 Å². The molecule has 1 aromatic carbocycles. The summed E-state index contributed by atoms with van der Waals surface area (Å²) in [6.07, 6.45) is 4.23. The van der Waals surface area contributed by atoms with Crippen LogP contribution >= 0.6 is 11.6 Å². The maximum absolute atomic E-state index is 12.9. The molecule has 1 heterocycles. The van der Waals surface area contributed by atoms with E-state index >= 15 is 0 Å². The smallest absolute Gasteiger partial charge is 0.312 e. The van der Waals surface area contributed by atoms with E-state index in [1.807, 2.05) is 36.1 Å². The molecule has 0 radical (unpaired) electrons. The molecule has 5 nitrogen and oxygen atoms in total. The van der Waals surface area contributed by atoms with Crippen LogP contribution < -0.4 is 11.1 Å². The molecule has 1 saturated heterocycles. The van der Waals surface area contributed by atoms with Gasteiger partial charge in [-0.2, -0.15) is 0 Å². The third kappa shape index (κ3) is 4.38. The van der Waals surface area contributed by atoms with E-state index in [1.165, 1.54) is 0 Å². The van der Waals surface area contributed by atoms with Gasteiger partial charge < -0.3 is 16.0 Å².